The zero-order chi connectivity index (χ0) is 14.1. The molecule has 0 bridgehead atoms. The van der Waals surface area contributed by atoms with E-state index in [1.165, 1.54) is 6.07 Å². The predicted octanol–water partition coefficient (Wildman–Crippen LogP) is 3.86. The summed E-state index contributed by atoms with van der Waals surface area (Å²) in [5, 5.41) is 8.74. The van der Waals surface area contributed by atoms with E-state index >= 15 is 0 Å². The molecule has 0 atom stereocenters. The highest BCUT2D eigenvalue weighted by molar-refractivity contribution is 9.10. The van der Waals surface area contributed by atoms with Gasteiger partial charge in [0.05, 0.1) is 5.56 Å². The van der Waals surface area contributed by atoms with Crippen molar-refractivity contribution in [2.24, 2.45) is 0 Å². The van der Waals surface area contributed by atoms with E-state index in [1.54, 1.807) is 0 Å². The molecule has 1 rings (SSSR count). The van der Waals surface area contributed by atoms with E-state index < -0.39 is 41.7 Å². The van der Waals surface area contributed by atoms with E-state index in [0.29, 0.717) is 0 Å². The highest BCUT2D eigenvalue weighted by atomic mass is 79.9. The third-order valence-corrected chi connectivity index (χ3v) is 4.36. The summed E-state index contributed by atoms with van der Waals surface area (Å²) in [7, 11) is 0.597. The molecule has 0 aliphatic carbocycles. The van der Waals surface area contributed by atoms with Crippen LogP contribution < -0.4 is 0 Å². The van der Waals surface area contributed by atoms with Crippen molar-refractivity contribution in [1.82, 2.24) is 0 Å². The first-order chi connectivity index (χ1) is 8.04. The van der Waals surface area contributed by atoms with E-state index in [4.69, 9.17) is 15.9 Å². The van der Waals surface area contributed by atoms with Crippen LogP contribution in [0.25, 0.3) is 0 Å². The van der Waals surface area contributed by atoms with Crippen molar-refractivity contribution in [2.75, 3.05) is 0 Å². The van der Waals surface area contributed by atoms with E-state index in [2.05, 4.69) is 15.9 Å². The van der Waals surface area contributed by atoms with Crippen LogP contribution in [0.2, 0.25) is 0 Å². The van der Waals surface area contributed by atoms with Crippen molar-refractivity contribution in [2.45, 2.75) is 15.3 Å². The Bertz CT molecular complexity index is 624. The quantitative estimate of drug-likeness (QED) is 0.577. The third kappa shape index (κ3) is 4.05. The maximum absolute atomic E-state index is 12.3. The fourth-order valence-corrected chi connectivity index (χ4v) is 4.11. The average molecular weight is 381 g/mol. The lowest BCUT2D eigenvalue weighted by Crippen LogP contribution is -2.04. The molecule has 10 heteroatoms. The Balaban J connectivity index is 3.60. The number of thioether (sulfide) groups is 1. The van der Waals surface area contributed by atoms with Crippen LogP contribution in [0.4, 0.5) is 13.2 Å². The molecule has 0 N–H and O–H groups in total. The average Bonchev–Trinajstić information content (AvgIpc) is 2.11. The van der Waals surface area contributed by atoms with E-state index in [-0.39, 0.29) is 4.47 Å². The first kappa shape index (κ1) is 15.6. The molecule has 0 aliphatic rings. The van der Waals surface area contributed by atoms with Gasteiger partial charge in [-0.05, 0) is 23.9 Å². The molecule has 18 heavy (non-hydrogen) atoms. The van der Waals surface area contributed by atoms with E-state index in [0.717, 1.165) is 12.1 Å². The summed E-state index contributed by atoms with van der Waals surface area (Å²) in [6, 6.07) is 3.51. The number of nitriles is 1. The molecule has 98 valence electrons. The smallest absolute Gasteiger partial charge is 0.207 e. The van der Waals surface area contributed by atoms with E-state index in [9.17, 15) is 21.6 Å². The zero-order valence-electron chi connectivity index (χ0n) is 8.12. The number of nitrogens with zero attached hydrogens (tertiary/aromatic N) is 1. The predicted molar refractivity (Wildman–Crippen MR) is 63.8 cm³/mol. The van der Waals surface area contributed by atoms with Crippen molar-refractivity contribution in [3.8, 4) is 6.07 Å². The van der Waals surface area contributed by atoms with Crippen LogP contribution in [0.15, 0.2) is 26.4 Å². The van der Waals surface area contributed by atoms with Gasteiger partial charge >= 0.3 is 5.51 Å². The van der Waals surface area contributed by atoms with Gasteiger partial charge in [-0.1, -0.05) is 15.9 Å². The Labute approximate surface area is 117 Å². The monoisotopic (exact) mass is 379 g/mol. The van der Waals surface area contributed by atoms with Gasteiger partial charge in [0, 0.05) is 20.1 Å². The number of rotatable bonds is 2. The molecule has 0 spiro atoms. The number of halogens is 5. The summed E-state index contributed by atoms with van der Waals surface area (Å²) < 4.78 is 59.6. The standard InChI is InChI=1S/C8H2BrClF3NO2S2/c9-5-1-4(3-14)7(18(10,15)16)6(2-5)17-8(11,12)13/h1-2H. The van der Waals surface area contributed by atoms with Crippen molar-refractivity contribution < 1.29 is 21.6 Å². The van der Waals surface area contributed by atoms with Gasteiger partial charge in [0.2, 0.25) is 0 Å². The Hall–Kier alpha value is -0.430. The molecule has 0 heterocycles. The van der Waals surface area contributed by atoms with Crippen LogP contribution >= 0.6 is 38.4 Å². The molecule has 1 aromatic rings. The van der Waals surface area contributed by atoms with Gasteiger partial charge in [-0.15, -0.1) is 0 Å². The van der Waals surface area contributed by atoms with Gasteiger partial charge in [-0.3, -0.25) is 0 Å². The van der Waals surface area contributed by atoms with Gasteiger partial charge in [-0.25, -0.2) is 8.42 Å². The maximum atomic E-state index is 12.3. The van der Waals surface area contributed by atoms with Gasteiger partial charge in [-0.2, -0.15) is 18.4 Å². The largest absolute Gasteiger partial charge is 0.446 e. The lowest BCUT2D eigenvalue weighted by molar-refractivity contribution is -0.0328. The summed E-state index contributed by atoms with van der Waals surface area (Å²) in [6.07, 6.45) is 0. The first-order valence-electron chi connectivity index (χ1n) is 3.98. The second kappa shape index (κ2) is 5.28. The lowest BCUT2D eigenvalue weighted by Gasteiger charge is -2.10. The molecule has 0 saturated carbocycles. The molecule has 0 fully saturated rings. The highest BCUT2D eigenvalue weighted by Gasteiger charge is 2.34. The normalized spacial score (nSPS) is 12.2. The molecule has 0 radical (unpaired) electrons. The van der Waals surface area contributed by atoms with Crippen LogP contribution in [0, 0.1) is 11.3 Å². The molecule has 1 aromatic carbocycles. The van der Waals surface area contributed by atoms with Gasteiger partial charge in [0.25, 0.3) is 9.05 Å². The highest BCUT2D eigenvalue weighted by Crippen LogP contribution is 2.42. The van der Waals surface area contributed by atoms with Crippen LogP contribution in [0.3, 0.4) is 0 Å². The van der Waals surface area contributed by atoms with Crippen molar-refractivity contribution in [3.63, 3.8) is 0 Å². The molecule has 0 aromatic heterocycles. The Kier molecular flexibility index (Phi) is 4.59. The van der Waals surface area contributed by atoms with Gasteiger partial charge in [0.15, 0.2) is 0 Å². The Morgan fingerprint density at radius 3 is 2.33 bits per heavy atom. The molecular formula is C8H2BrClF3NO2S2. The second-order valence-electron chi connectivity index (χ2n) is 2.88. The van der Waals surface area contributed by atoms with Crippen LogP contribution in [0.1, 0.15) is 5.56 Å². The summed E-state index contributed by atoms with van der Waals surface area (Å²) >= 11 is 2.25. The number of alkyl halides is 3. The maximum Gasteiger partial charge on any atom is 0.446 e. The minimum atomic E-state index is -4.69. The lowest BCUT2D eigenvalue weighted by atomic mass is 10.2. The van der Waals surface area contributed by atoms with Crippen molar-refractivity contribution >= 4 is 47.4 Å². The number of hydrogen-bond donors (Lipinski definition) is 0. The number of benzene rings is 1. The second-order valence-corrected chi connectivity index (χ2v) is 7.40. The summed E-state index contributed by atoms with van der Waals surface area (Å²) in [5.41, 5.74) is -5.14. The van der Waals surface area contributed by atoms with Crippen molar-refractivity contribution in [3.05, 3.63) is 22.2 Å². The third-order valence-electron chi connectivity index (χ3n) is 1.61. The summed E-state index contributed by atoms with van der Waals surface area (Å²) in [5.74, 6) is 0. The van der Waals surface area contributed by atoms with Gasteiger partial charge in [0.1, 0.15) is 11.0 Å². The van der Waals surface area contributed by atoms with Crippen LogP contribution in [-0.4, -0.2) is 13.9 Å². The molecule has 0 aliphatic heterocycles. The fourth-order valence-electron chi connectivity index (χ4n) is 1.10. The SMILES string of the molecule is N#Cc1cc(Br)cc(SC(F)(F)F)c1S(=O)(=O)Cl. The first-order valence-corrected chi connectivity index (χ1v) is 7.90. The Morgan fingerprint density at radius 1 is 1.39 bits per heavy atom. The summed E-state index contributed by atoms with van der Waals surface area (Å²) in [6.45, 7) is 0. The fraction of sp³-hybridized carbons (Fsp3) is 0.125. The topological polar surface area (TPSA) is 57.9 Å². The molecule has 3 nitrogen and oxygen atoms in total. The van der Waals surface area contributed by atoms with Gasteiger partial charge < -0.3 is 0 Å². The minimum absolute atomic E-state index is 0.148. The molecule has 0 unspecified atom stereocenters. The van der Waals surface area contributed by atoms with Crippen LogP contribution in [0.5, 0.6) is 0 Å². The minimum Gasteiger partial charge on any atom is -0.207 e. The number of hydrogen-bond acceptors (Lipinski definition) is 4. The summed E-state index contributed by atoms with van der Waals surface area (Å²) in [4.78, 5) is -1.49. The molecule has 0 saturated heterocycles. The van der Waals surface area contributed by atoms with E-state index in [1.807, 2.05) is 0 Å². The van der Waals surface area contributed by atoms with Crippen molar-refractivity contribution in [1.29, 1.82) is 5.26 Å². The van der Waals surface area contributed by atoms with Crippen LogP contribution in [-0.2, 0) is 9.05 Å². The Morgan fingerprint density at radius 2 is 1.94 bits per heavy atom. The zero-order valence-corrected chi connectivity index (χ0v) is 12.1. The molecular weight excluding hydrogens is 379 g/mol. The molecule has 0 amide bonds.